The van der Waals surface area contributed by atoms with Crippen LogP contribution in [0.1, 0.15) is 26.2 Å². The van der Waals surface area contributed by atoms with Gasteiger partial charge >= 0.3 is 0 Å². The molecule has 0 unspecified atom stereocenters. The fourth-order valence-corrected chi connectivity index (χ4v) is 2.24. The molecule has 11 heavy (non-hydrogen) atoms. The van der Waals surface area contributed by atoms with Gasteiger partial charge < -0.3 is 10.8 Å². The van der Waals surface area contributed by atoms with Crippen molar-refractivity contribution in [2.75, 3.05) is 13.2 Å². The number of aliphatic hydroxyl groups is 1. The highest BCUT2D eigenvalue weighted by Gasteiger charge is 2.24. The second kappa shape index (κ2) is 4.07. The summed E-state index contributed by atoms with van der Waals surface area (Å²) in [5.41, 5.74) is 5.60. The maximum Gasteiger partial charge on any atom is 0.0459 e. The van der Waals surface area contributed by atoms with Gasteiger partial charge in [-0.15, -0.1) is 0 Å². The molecular weight excluding hydrogens is 138 g/mol. The van der Waals surface area contributed by atoms with Crippen molar-refractivity contribution >= 4 is 0 Å². The highest BCUT2D eigenvalue weighted by Crippen LogP contribution is 2.31. The van der Waals surface area contributed by atoms with Gasteiger partial charge in [0.2, 0.25) is 0 Å². The Kier molecular flexibility index (Phi) is 3.34. The molecule has 1 saturated carbocycles. The summed E-state index contributed by atoms with van der Waals surface area (Å²) >= 11 is 0. The molecule has 0 aromatic rings. The molecular formula is C9H19NO. The number of hydrogen-bond acceptors (Lipinski definition) is 2. The highest BCUT2D eigenvalue weighted by molar-refractivity contribution is 4.76. The zero-order valence-corrected chi connectivity index (χ0v) is 7.29. The maximum absolute atomic E-state index is 8.98. The molecule has 1 aliphatic rings. The highest BCUT2D eigenvalue weighted by atomic mass is 16.3. The summed E-state index contributed by atoms with van der Waals surface area (Å²) < 4.78 is 0. The third-order valence-corrected chi connectivity index (χ3v) is 2.73. The zero-order valence-electron chi connectivity index (χ0n) is 7.29. The molecule has 2 heteroatoms. The minimum atomic E-state index is 0.348. The van der Waals surface area contributed by atoms with Crippen LogP contribution in [0.4, 0.5) is 0 Å². The Morgan fingerprint density at radius 1 is 1.27 bits per heavy atom. The monoisotopic (exact) mass is 157 g/mol. The molecule has 0 saturated heterocycles. The van der Waals surface area contributed by atoms with Gasteiger partial charge in [0.25, 0.3) is 0 Å². The molecule has 0 bridgehead atoms. The van der Waals surface area contributed by atoms with Gasteiger partial charge in [-0.05, 0) is 43.6 Å². The van der Waals surface area contributed by atoms with Crippen molar-refractivity contribution in [2.45, 2.75) is 26.2 Å². The predicted octanol–water partition coefficient (Wildman–Crippen LogP) is 0.990. The van der Waals surface area contributed by atoms with Crippen LogP contribution in [0.2, 0.25) is 0 Å². The van der Waals surface area contributed by atoms with Crippen LogP contribution >= 0.6 is 0 Å². The lowest BCUT2D eigenvalue weighted by Crippen LogP contribution is -2.28. The van der Waals surface area contributed by atoms with Crippen LogP contribution in [0, 0.1) is 17.8 Å². The Hall–Kier alpha value is -0.0800. The molecule has 1 fully saturated rings. The molecule has 1 rings (SSSR count). The predicted molar refractivity (Wildman–Crippen MR) is 46.1 cm³/mol. The average Bonchev–Trinajstić information content (AvgIpc) is 2.03. The van der Waals surface area contributed by atoms with E-state index >= 15 is 0 Å². The molecule has 0 heterocycles. The van der Waals surface area contributed by atoms with Gasteiger partial charge in [0.05, 0.1) is 0 Å². The largest absolute Gasteiger partial charge is 0.396 e. The molecule has 0 aromatic heterocycles. The van der Waals surface area contributed by atoms with Gasteiger partial charge in [-0.2, -0.15) is 0 Å². The summed E-state index contributed by atoms with van der Waals surface area (Å²) in [6.07, 6.45) is 3.58. The fraction of sp³-hybridized carbons (Fsp3) is 1.00. The third kappa shape index (κ3) is 2.46. The lowest BCUT2D eigenvalue weighted by molar-refractivity contribution is 0.134. The first-order chi connectivity index (χ1) is 5.26. The second-order valence-corrected chi connectivity index (χ2v) is 3.96. The van der Waals surface area contributed by atoms with Crippen LogP contribution in [0.15, 0.2) is 0 Å². The van der Waals surface area contributed by atoms with E-state index in [0.717, 1.165) is 18.9 Å². The normalized spacial score (nSPS) is 39.0. The minimum absolute atomic E-state index is 0.348. The van der Waals surface area contributed by atoms with Crippen molar-refractivity contribution in [1.29, 1.82) is 0 Å². The van der Waals surface area contributed by atoms with Crippen LogP contribution in [0.25, 0.3) is 0 Å². The summed E-state index contributed by atoms with van der Waals surface area (Å²) in [4.78, 5) is 0. The summed E-state index contributed by atoms with van der Waals surface area (Å²) in [7, 11) is 0. The number of aliphatic hydroxyl groups excluding tert-OH is 1. The van der Waals surface area contributed by atoms with E-state index in [1.54, 1.807) is 0 Å². The summed E-state index contributed by atoms with van der Waals surface area (Å²) in [6.45, 7) is 3.39. The van der Waals surface area contributed by atoms with E-state index < -0.39 is 0 Å². The van der Waals surface area contributed by atoms with Crippen molar-refractivity contribution in [2.24, 2.45) is 23.5 Å². The Bertz CT molecular complexity index is 104. The van der Waals surface area contributed by atoms with Gasteiger partial charge in [-0.25, -0.2) is 0 Å². The number of nitrogens with two attached hydrogens (primary N) is 1. The van der Waals surface area contributed by atoms with Crippen molar-refractivity contribution in [3.05, 3.63) is 0 Å². The van der Waals surface area contributed by atoms with Gasteiger partial charge in [-0.1, -0.05) is 6.92 Å². The van der Waals surface area contributed by atoms with Gasteiger partial charge in [0.15, 0.2) is 0 Å². The summed E-state index contributed by atoms with van der Waals surface area (Å²) in [5, 5.41) is 8.98. The molecule has 66 valence electrons. The first-order valence-electron chi connectivity index (χ1n) is 4.57. The van der Waals surface area contributed by atoms with Crippen molar-refractivity contribution in [1.82, 2.24) is 0 Å². The lowest BCUT2D eigenvalue weighted by atomic mass is 9.76. The van der Waals surface area contributed by atoms with Gasteiger partial charge in [-0.3, -0.25) is 0 Å². The van der Waals surface area contributed by atoms with Crippen molar-refractivity contribution < 1.29 is 5.11 Å². The van der Waals surface area contributed by atoms with Crippen LogP contribution in [-0.2, 0) is 0 Å². The molecule has 0 amide bonds. The van der Waals surface area contributed by atoms with E-state index in [4.69, 9.17) is 10.8 Å². The van der Waals surface area contributed by atoms with Gasteiger partial charge in [0.1, 0.15) is 0 Å². The fourth-order valence-electron chi connectivity index (χ4n) is 2.24. The average molecular weight is 157 g/mol. The van der Waals surface area contributed by atoms with Gasteiger partial charge in [0, 0.05) is 6.61 Å². The molecule has 2 nitrogen and oxygen atoms in total. The maximum atomic E-state index is 8.98. The zero-order chi connectivity index (χ0) is 8.27. The van der Waals surface area contributed by atoms with Crippen molar-refractivity contribution in [3.63, 3.8) is 0 Å². The number of rotatable bonds is 2. The lowest BCUT2D eigenvalue weighted by Gasteiger charge is -2.31. The van der Waals surface area contributed by atoms with E-state index in [1.807, 2.05) is 0 Å². The second-order valence-electron chi connectivity index (χ2n) is 3.96. The molecule has 3 N–H and O–H groups in total. The number of hydrogen-bond donors (Lipinski definition) is 2. The first-order valence-corrected chi connectivity index (χ1v) is 4.57. The molecule has 0 aliphatic heterocycles. The third-order valence-electron chi connectivity index (χ3n) is 2.73. The molecule has 0 spiro atoms. The standard InChI is InChI=1S/C9H19NO/c1-7-2-8(5-10)4-9(3-7)6-11/h7-9,11H,2-6,10H2,1H3/t7-,8+,9+/m0/s1. The SMILES string of the molecule is C[C@H]1C[C@@H](CN)C[C@H](CO)C1. The van der Waals surface area contributed by atoms with E-state index in [1.165, 1.54) is 12.8 Å². The molecule has 0 aromatic carbocycles. The summed E-state index contributed by atoms with van der Waals surface area (Å²) in [6, 6.07) is 0. The van der Waals surface area contributed by atoms with Crippen LogP contribution in [-0.4, -0.2) is 18.3 Å². The van der Waals surface area contributed by atoms with Crippen LogP contribution < -0.4 is 5.73 Å². The van der Waals surface area contributed by atoms with Crippen molar-refractivity contribution in [3.8, 4) is 0 Å². The van der Waals surface area contributed by atoms with Crippen LogP contribution in [0.3, 0.4) is 0 Å². The van der Waals surface area contributed by atoms with E-state index in [9.17, 15) is 0 Å². The van der Waals surface area contributed by atoms with E-state index in [-0.39, 0.29) is 0 Å². The first kappa shape index (κ1) is 9.01. The quantitative estimate of drug-likeness (QED) is 0.628. The Labute approximate surface area is 68.8 Å². The smallest absolute Gasteiger partial charge is 0.0459 e. The Balaban J connectivity index is 2.37. The summed E-state index contributed by atoms with van der Waals surface area (Å²) in [5.74, 6) is 1.94. The Morgan fingerprint density at radius 2 is 1.91 bits per heavy atom. The molecule has 3 atom stereocenters. The van der Waals surface area contributed by atoms with E-state index in [0.29, 0.717) is 18.4 Å². The van der Waals surface area contributed by atoms with E-state index in [2.05, 4.69) is 6.92 Å². The topological polar surface area (TPSA) is 46.2 Å². The Morgan fingerprint density at radius 3 is 2.45 bits per heavy atom. The minimum Gasteiger partial charge on any atom is -0.396 e. The van der Waals surface area contributed by atoms with Crippen LogP contribution in [0.5, 0.6) is 0 Å². The molecule has 0 radical (unpaired) electrons. The molecule has 1 aliphatic carbocycles.